The van der Waals surface area contributed by atoms with E-state index >= 15 is 0 Å². The number of methoxy groups -OCH3 is 1. The molecule has 0 saturated carbocycles. The van der Waals surface area contributed by atoms with E-state index in [0.29, 0.717) is 16.4 Å². The highest BCUT2D eigenvalue weighted by Crippen LogP contribution is 2.22. The van der Waals surface area contributed by atoms with Gasteiger partial charge in [0.05, 0.1) is 23.7 Å². The summed E-state index contributed by atoms with van der Waals surface area (Å²) in [7, 11) is 0.347. The van der Waals surface area contributed by atoms with Crippen LogP contribution in [0, 0.1) is 0 Å². The highest BCUT2D eigenvalue weighted by Gasteiger charge is 2.11. The van der Waals surface area contributed by atoms with Gasteiger partial charge in [-0.2, -0.15) is 0 Å². The van der Waals surface area contributed by atoms with Crippen molar-refractivity contribution >= 4 is 28.1 Å². The van der Waals surface area contributed by atoms with Gasteiger partial charge in [0, 0.05) is 9.77 Å². The molecule has 0 bridgehead atoms. The van der Waals surface area contributed by atoms with Crippen molar-refractivity contribution in [2.75, 3.05) is 7.11 Å². The van der Waals surface area contributed by atoms with Gasteiger partial charge in [-0.15, -0.1) is 11.3 Å². The summed E-state index contributed by atoms with van der Waals surface area (Å²) < 4.78 is 17.3. The van der Waals surface area contributed by atoms with Crippen molar-refractivity contribution in [3.05, 3.63) is 46.2 Å². The molecule has 19 heavy (non-hydrogen) atoms. The molecule has 6 heteroatoms. The summed E-state index contributed by atoms with van der Waals surface area (Å²) in [4.78, 5) is 12.5. The molecule has 1 N–H and O–H groups in total. The van der Waals surface area contributed by atoms with E-state index in [2.05, 4.69) is 0 Å². The first-order valence-electron chi connectivity index (χ1n) is 5.44. The molecule has 0 amide bonds. The van der Waals surface area contributed by atoms with Crippen LogP contribution in [0.15, 0.2) is 41.3 Å². The lowest BCUT2D eigenvalue weighted by Gasteiger charge is -2.03. The summed E-state index contributed by atoms with van der Waals surface area (Å²) in [6, 6.07) is 10.3. The molecule has 1 aromatic carbocycles. The van der Waals surface area contributed by atoms with Crippen molar-refractivity contribution in [3.8, 4) is 5.75 Å². The summed E-state index contributed by atoms with van der Waals surface area (Å²) >= 11 is 1.15. The first-order valence-corrected chi connectivity index (χ1v) is 7.58. The van der Waals surface area contributed by atoms with Crippen molar-refractivity contribution in [1.82, 2.24) is 0 Å². The van der Waals surface area contributed by atoms with Crippen LogP contribution in [-0.4, -0.2) is 22.4 Å². The smallest absolute Gasteiger partial charge is 0.345 e. The van der Waals surface area contributed by atoms with Crippen LogP contribution >= 0.6 is 11.3 Å². The molecule has 0 spiro atoms. The molecule has 0 saturated heterocycles. The molecule has 4 nitrogen and oxygen atoms in total. The van der Waals surface area contributed by atoms with E-state index in [1.807, 2.05) is 0 Å². The number of rotatable bonds is 5. The molecule has 1 heterocycles. The van der Waals surface area contributed by atoms with Gasteiger partial charge in [-0.05, 0) is 30.3 Å². The molecule has 100 valence electrons. The second kappa shape index (κ2) is 5.99. The fraction of sp³-hybridized carbons (Fsp3) is 0.154. The summed E-state index contributed by atoms with van der Waals surface area (Å²) in [5.74, 6) is 0.0112. The number of benzene rings is 1. The number of carbonyl (C=O) groups is 1. The average molecular weight is 296 g/mol. The van der Waals surface area contributed by atoms with Gasteiger partial charge in [0.1, 0.15) is 10.6 Å². The fourth-order valence-electron chi connectivity index (χ4n) is 1.53. The van der Waals surface area contributed by atoms with E-state index in [4.69, 9.17) is 9.84 Å². The zero-order valence-corrected chi connectivity index (χ0v) is 11.8. The van der Waals surface area contributed by atoms with Crippen molar-refractivity contribution < 1.29 is 18.8 Å². The average Bonchev–Trinajstić information content (AvgIpc) is 2.87. The normalized spacial score (nSPS) is 12.1. The third-order valence-electron chi connectivity index (χ3n) is 2.45. The van der Waals surface area contributed by atoms with Crippen LogP contribution in [0.25, 0.3) is 0 Å². The number of carboxylic acid groups (broad SMARTS) is 1. The van der Waals surface area contributed by atoms with Crippen LogP contribution in [0.4, 0.5) is 0 Å². The van der Waals surface area contributed by atoms with Crippen molar-refractivity contribution in [2.24, 2.45) is 0 Å². The van der Waals surface area contributed by atoms with Gasteiger partial charge in [0.15, 0.2) is 0 Å². The minimum absolute atomic E-state index is 0.262. The van der Waals surface area contributed by atoms with E-state index in [0.717, 1.165) is 16.2 Å². The maximum atomic E-state index is 12.2. The molecule has 2 rings (SSSR count). The van der Waals surface area contributed by atoms with Gasteiger partial charge in [0.2, 0.25) is 0 Å². The molecule has 1 aromatic heterocycles. The van der Waals surface area contributed by atoms with Crippen molar-refractivity contribution in [3.63, 3.8) is 0 Å². The number of ether oxygens (including phenoxy) is 1. The van der Waals surface area contributed by atoms with Crippen molar-refractivity contribution in [1.29, 1.82) is 0 Å². The van der Waals surface area contributed by atoms with Crippen LogP contribution in [-0.2, 0) is 16.6 Å². The first kappa shape index (κ1) is 13.8. The number of thiophene rings is 1. The number of carboxylic acids is 1. The maximum Gasteiger partial charge on any atom is 0.345 e. The summed E-state index contributed by atoms with van der Waals surface area (Å²) in [6.45, 7) is 0. The number of hydrogen-bond donors (Lipinski definition) is 1. The predicted molar refractivity (Wildman–Crippen MR) is 74.4 cm³/mol. The van der Waals surface area contributed by atoms with Gasteiger partial charge in [-0.3, -0.25) is 4.21 Å². The van der Waals surface area contributed by atoms with Crippen LogP contribution in [0.5, 0.6) is 5.75 Å². The van der Waals surface area contributed by atoms with E-state index in [9.17, 15) is 9.00 Å². The minimum atomic E-state index is -1.21. The Labute approximate surface area is 117 Å². The summed E-state index contributed by atoms with van der Waals surface area (Å²) in [5, 5.41) is 8.84. The molecular weight excluding hydrogens is 284 g/mol. The first-order chi connectivity index (χ1) is 9.10. The topological polar surface area (TPSA) is 63.6 Å². The Balaban J connectivity index is 2.13. The maximum absolute atomic E-state index is 12.2. The van der Waals surface area contributed by atoms with Gasteiger partial charge in [-0.1, -0.05) is 6.07 Å². The highest BCUT2D eigenvalue weighted by molar-refractivity contribution is 7.84. The van der Waals surface area contributed by atoms with Crippen LogP contribution in [0.2, 0.25) is 0 Å². The summed E-state index contributed by atoms with van der Waals surface area (Å²) in [5.41, 5.74) is 0. The Morgan fingerprint density at radius 1 is 1.37 bits per heavy atom. The number of hydrogen-bond acceptors (Lipinski definition) is 4. The van der Waals surface area contributed by atoms with Crippen molar-refractivity contribution in [2.45, 2.75) is 10.6 Å². The summed E-state index contributed by atoms with van der Waals surface area (Å²) in [6.07, 6.45) is 0. The highest BCUT2D eigenvalue weighted by atomic mass is 32.2. The standard InChI is InChI=1S/C13H12O4S2/c1-17-9-3-2-4-11(7-9)19(16)8-10-5-6-12(18-10)13(14)15/h2-7H,8H2,1H3,(H,14,15). The molecule has 2 aromatic rings. The zero-order chi connectivity index (χ0) is 13.8. The third kappa shape index (κ3) is 3.42. The van der Waals surface area contributed by atoms with Gasteiger partial charge in [0.25, 0.3) is 0 Å². The number of aromatic carboxylic acids is 1. The Morgan fingerprint density at radius 2 is 2.16 bits per heavy atom. The van der Waals surface area contributed by atoms with Crippen LogP contribution in [0.3, 0.4) is 0 Å². The molecule has 1 atom stereocenters. The van der Waals surface area contributed by atoms with Crippen LogP contribution in [0.1, 0.15) is 14.5 Å². The lowest BCUT2D eigenvalue weighted by molar-refractivity contribution is 0.0702. The van der Waals surface area contributed by atoms with E-state index in [-0.39, 0.29) is 4.88 Å². The van der Waals surface area contributed by atoms with Gasteiger partial charge < -0.3 is 9.84 Å². The molecular formula is C13H12O4S2. The monoisotopic (exact) mass is 296 g/mol. The van der Waals surface area contributed by atoms with E-state index in [1.54, 1.807) is 37.4 Å². The van der Waals surface area contributed by atoms with Gasteiger partial charge in [-0.25, -0.2) is 4.79 Å². The van der Waals surface area contributed by atoms with Crippen LogP contribution < -0.4 is 4.74 Å². The minimum Gasteiger partial charge on any atom is -0.497 e. The Kier molecular flexibility index (Phi) is 4.34. The quantitative estimate of drug-likeness (QED) is 0.921. The van der Waals surface area contributed by atoms with E-state index < -0.39 is 16.8 Å². The van der Waals surface area contributed by atoms with Gasteiger partial charge >= 0.3 is 5.97 Å². The predicted octanol–water partition coefficient (Wildman–Crippen LogP) is 2.76. The SMILES string of the molecule is COc1cccc(S(=O)Cc2ccc(C(=O)O)s2)c1. The Hall–Kier alpha value is -1.66. The van der Waals surface area contributed by atoms with E-state index in [1.165, 1.54) is 6.07 Å². The third-order valence-corrected chi connectivity index (χ3v) is 5.06. The lowest BCUT2D eigenvalue weighted by Crippen LogP contribution is -1.95. The second-order valence-electron chi connectivity index (χ2n) is 3.74. The molecule has 0 aliphatic carbocycles. The second-order valence-corrected chi connectivity index (χ2v) is 6.36. The fourth-order valence-corrected chi connectivity index (χ4v) is 3.72. The molecule has 1 unspecified atom stereocenters. The largest absolute Gasteiger partial charge is 0.497 e. The molecule has 0 aliphatic rings. The Bertz CT molecular complexity index is 619. The molecule has 0 fully saturated rings. The lowest BCUT2D eigenvalue weighted by atomic mass is 10.3. The Morgan fingerprint density at radius 3 is 2.79 bits per heavy atom. The molecule has 0 aliphatic heterocycles. The molecule has 0 radical (unpaired) electrons. The zero-order valence-electron chi connectivity index (χ0n) is 10.2.